The lowest BCUT2D eigenvalue weighted by Gasteiger charge is -2.44. The van der Waals surface area contributed by atoms with Crippen molar-refractivity contribution in [3.05, 3.63) is 0 Å². The summed E-state index contributed by atoms with van der Waals surface area (Å²) in [5, 5.41) is 105. The van der Waals surface area contributed by atoms with E-state index in [1.54, 1.807) is 6.92 Å². The number of amides is 6. The number of Topliss-reactive ketones (excluding diaryl/α,β-unsaturated/α-hetero) is 2. The third kappa shape index (κ3) is 30.3. The van der Waals surface area contributed by atoms with Gasteiger partial charge in [-0.05, 0) is 25.7 Å². The van der Waals surface area contributed by atoms with Gasteiger partial charge < -0.3 is 139 Å². The third-order valence-electron chi connectivity index (χ3n) is 15.5. The molecule has 0 bridgehead atoms. The van der Waals surface area contributed by atoms with Crippen molar-refractivity contribution in [2.75, 3.05) is 98.8 Å². The number of carbonyl (C=O) groups excluding carboxylic acids is 8. The Hall–Kier alpha value is -4.49. The lowest BCUT2D eigenvalue weighted by atomic mass is 9.95. The van der Waals surface area contributed by atoms with E-state index < -0.39 is 192 Å². The lowest BCUT2D eigenvalue weighted by Crippen LogP contribution is -2.57. The standard InChI is InChI=1S/C57H99N6O31P/c1-30-42(72)45(75)50(78)91-53(30)87-27-35(65)11-9-16-58-36(66)13-23-84-49-48(83-22-12-34(64)10-8-17-60-40(70)28-88-54-31(2)43(73)46(76)51(79)92-54)33(4)56(86-25-20-63-39(69)26-38(68)59-15-6-7-21-90-95(5,81)82)94-57(49)85-24-14-37(67)61-18-19-62-41(71)29-89-55-32(3)44(74)47(77)52(80)93-55/h30-33,42-57,72-80H,6-29H2,1-5H3,(H,58,66)(H,59,68)(H,60,70)(H,61,67)(H,62,71)(H,63,69)(H,81,82)/t30-,31-,32-,33-,42+,43+,44+,45?,46?,47?,48+,49?,50?,51?,52?,53?,54?,55?,56?,57?/m0/s1. The highest BCUT2D eigenvalue weighted by molar-refractivity contribution is 7.51. The van der Waals surface area contributed by atoms with Crippen LogP contribution in [0.1, 0.15) is 91.9 Å². The van der Waals surface area contributed by atoms with E-state index >= 15 is 0 Å². The van der Waals surface area contributed by atoms with Gasteiger partial charge in [0.15, 0.2) is 56.1 Å². The summed E-state index contributed by atoms with van der Waals surface area (Å²) in [5.41, 5.74) is 0. The van der Waals surface area contributed by atoms with Crippen molar-refractivity contribution in [3.8, 4) is 0 Å². The van der Waals surface area contributed by atoms with E-state index in [9.17, 15) is 93.8 Å². The number of rotatable bonds is 44. The molecule has 0 saturated carbocycles. The van der Waals surface area contributed by atoms with Crippen molar-refractivity contribution < 1.29 is 150 Å². The molecule has 13 unspecified atom stereocenters. The van der Waals surface area contributed by atoms with Crippen LogP contribution in [-0.2, 0) is 99.6 Å². The summed E-state index contributed by atoms with van der Waals surface area (Å²) in [6.07, 6.45) is -22.4. The first kappa shape index (κ1) is 82.9. The smallest absolute Gasteiger partial charge is 0.325 e. The van der Waals surface area contributed by atoms with Gasteiger partial charge in [0.1, 0.15) is 56.4 Å². The third-order valence-corrected chi connectivity index (χ3v) is 16.2. The Balaban J connectivity index is 1.37. The molecule has 38 heteroatoms. The summed E-state index contributed by atoms with van der Waals surface area (Å²) in [6, 6.07) is 0. The molecule has 0 aromatic carbocycles. The Morgan fingerprint density at radius 1 is 0.358 bits per heavy atom. The Morgan fingerprint density at radius 3 is 1.26 bits per heavy atom. The van der Waals surface area contributed by atoms with Gasteiger partial charge in [0, 0.05) is 95.3 Å². The van der Waals surface area contributed by atoms with Crippen LogP contribution in [0.5, 0.6) is 0 Å². The minimum Gasteiger partial charge on any atom is -0.390 e. The van der Waals surface area contributed by atoms with Crippen LogP contribution < -0.4 is 31.9 Å². The van der Waals surface area contributed by atoms with Crippen LogP contribution in [0, 0.1) is 23.7 Å². The molecule has 4 saturated heterocycles. The number of aliphatic hydroxyl groups is 9. The monoisotopic (exact) mass is 1390 g/mol. The quantitative estimate of drug-likeness (QED) is 0.0153. The predicted octanol–water partition coefficient (Wildman–Crippen LogP) is -6.18. The van der Waals surface area contributed by atoms with Crippen LogP contribution in [0.4, 0.5) is 0 Å². The van der Waals surface area contributed by atoms with Gasteiger partial charge in [-0.2, -0.15) is 0 Å². The summed E-state index contributed by atoms with van der Waals surface area (Å²) in [7, 11) is -3.64. The van der Waals surface area contributed by atoms with Gasteiger partial charge in [0.25, 0.3) is 0 Å². The minimum atomic E-state index is -3.64. The molecule has 95 heavy (non-hydrogen) atoms. The normalized spacial score (nSPS) is 31.5. The maximum absolute atomic E-state index is 13.2. The molecule has 16 N–H and O–H groups in total. The molecule has 4 heterocycles. The van der Waals surface area contributed by atoms with Crippen molar-refractivity contribution in [2.45, 2.75) is 191 Å². The van der Waals surface area contributed by atoms with Gasteiger partial charge in [-0.25, -0.2) is 0 Å². The highest BCUT2D eigenvalue weighted by atomic mass is 31.2. The summed E-state index contributed by atoms with van der Waals surface area (Å²) in [4.78, 5) is 111. The Labute approximate surface area is 549 Å². The second kappa shape index (κ2) is 43.1. The average Bonchev–Trinajstić information content (AvgIpc) is 0.825. The topological polar surface area (TPSA) is 539 Å². The molecule has 0 aliphatic carbocycles. The van der Waals surface area contributed by atoms with Crippen LogP contribution in [0.15, 0.2) is 0 Å². The van der Waals surface area contributed by atoms with E-state index in [2.05, 4.69) is 31.9 Å². The molecule has 6 amide bonds. The highest BCUT2D eigenvalue weighted by Crippen LogP contribution is 2.37. The van der Waals surface area contributed by atoms with Crippen molar-refractivity contribution in [1.29, 1.82) is 0 Å². The number of hydrogen-bond donors (Lipinski definition) is 16. The molecule has 4 aliphatic heterocycles. The van der Waals surface area contributed by atoms with Crippen LogP contribution in [-0.4, -0.2) is 296 Å². The lowest BCUT2D eigenvalue weighted by molar-refractivity contribution is -0.347. The molecule has 0 aromatic rings. The largest absolute Gasteiger partial charge is 0.390 e. The zero-order chi connectivity index (χ0) is 70.4. The van der Waals surface area contributed by atoms with E-state index in [1.807, 2.05) is 0 Å². The maximum atomic E-state index is 13.2. The first-order valence-corrected chi connectivity index (χ1v) is 33.6. The van der Waals surface area contributed by atoms with Gasteiger partial charge >= 0.3 is 7.60 Å². The number of ether oxygens (including phenoxy) is 11. The van der Waals surface area contributed by atoms with E-state index in [1.165, 1.54) is 20.8 Å². The summed E-state index contributed by atoms with van der Waals surface area (Å²) in [5.74, 6) is -7.19. The van der Waals surface area contributed by atoms with Gasteiger partial charge in [0.05, 0.1) is 63.9 Å². The summed E-state index contributed by atoms with van der Waals surface area (Å²) >= 11 is 0. The summed E-state index contributed by atoms with van der Waals surface area (Å²) in [6.45, 7) is 4.82. The first-order chi connectivity index (χ1) is 45.0. The molecule has 4 rings (SSSR count). The Morgan fingerprint density at radius 2 is 0.747 bits per heavy atom. The average molecular weight is 1400 g/mol. The Bertz CT molecular complexity index is 2420. The fourth-order valence-corrected chi connectivity index (χ4v) is 10.3. The van der Waals surface area contributed by atoms with E-state index in [0.717, 1.165) is 6.66 Å². The molecule has 37 nitrogen and oxygen atoms in total. The predicted molar refractivity (Wildman–Crippen MR) is 319 cm³/mol. The van der Waals surface area contributed by atoms with Crippen molar-refractivity contribution in [1.82, 2.24) is 31.9 Å². The molecule has 4 fully saturated rings. The number of nitrogens with one attached hydrogen (secondary N) is 6. The van der Waals surface area contributed by atoms with Crippen LogP contribution >= 0.6 is 7.60 Å². The molecule has 0 radical (unpaired) electrons. The Kier molecular flexibility index (Phi) is 37.7. The van der Waals surface area contributed by atoms with Crippen LogP contribution in [0.25, 0.3) is 0 Å². The molecular weight excluding hydrogens is 1300 g/mol. The number of aliphatic hydroxyl groups excluding tert-OH is 9. The van der Waals surface area contributed by atoms with Crippen LogP contribution in [0.2, 0.25) is 0 Å². The highest BCUT2D eigenvalue weighted by Gasteiger charge is 2.48. The minimum absolute atomic E-state index is 0.00184. The van der Waals surface area contributed by atoms with Crippen molar-refractivity contribution in [3.63, 3.8) is 0 Å². The van der Waals surface area contributed by atoms with E-state index in [-0.39, 0.29) is 129 Å². The SMILES string of the molecule is C[C@@H]1C(OCC(=O)CCCNC(=O)CCOC2C(OCCC(=O)NCCNC(=O)COC3OC(O)C(O)[C@H](O)[C@@H]3C)OC(OCCNC(=O)CC(=O)NCCCCOP(C)(=O)O)[C@@H](C)[C@H]2OCCC(=O)CCCNC(=O)COC2OC(O)C(O)[C@H](O)[C@@H]2C)OC(O)C(O)[C@@H]1O. The fourth-order valence-electron chi connectivity index (χ4n) is 9.80. The number of hydrogen-bond acceptors (Lipinski definition) is 30. The molecule has 548 valence electrons. The summed E-state index contributed by atoms with van der Waals surface area (Å²) < 4.78 is 78.8. The molecule has 21 atom stereocenters. The van der Waals surface area contributed by atoms with Gasteiger partial charge in [-0.1, -0.05) is 27.7 Å². The number of unbranched alkanes of at least 4 members (excludes halogenated alkanes) is 1. The van der Waals surface area contributed by atoms with Crippen molar-refractivity contribution >= 4 is 54.6 Å². The van der Waals surface area contributed by atoms with Gasteiger partial charge in [-0.3, -0.25) is 42.9 Å². The fraction of sp³-hybridized carbons (Fsp3) is 0.860. The number of ketones is 2. The molecular formula is C57H99N6O31P. The van der Waals surface area contributed by atoms with Gasteiger partial charge in [-0.15, -0.1) is 0 Å². The molecule has 4 aliphatic rings. The van der Waals surface area contributed by atoms with E-state index in [0.29, 0.717) is 12.8 Å². The zero-order valence-corrected chi connectivity index (χ0v) is 54.9. The second-order valence-corrected chi connectivity index (χ2v) is 25.3. The molecule has 0 aromatic heterocycles. The molecule has 0 spiro atoms. The van der Waals surface area contributed by atoms with Crippen molar-refractivity contribution in [2.24, 2.45) is 23.7 Å². The number of carbonyl (C=O) groups is 8. The zero-order valence-electron chi connectivity index (χ0n) is 54.0. The van der Waals surface area contributed by atoms with Crippen LogP contribution in [0.3, 0.4) is 0 Å². The maximum Gasteiger partial charge on any atom is 0.325 e. The first-order valence-electron chi connectivity index (χ1n) is 31.6. The van der Waals surface area contributed by atoms with Gasteiger partial charge in [0.2, 0.25) is 35.4 Å². The van der Waals surface area contributed by atoms with E-state index in [4.69, 9.17) is 56.6 Å². The second-order valence-electron chi connectivity index (χ2n) is 23.4.